The number of aromatic carboxylic acids is 2. The standard InChI is InChI=1S/C20H16N2O4/c21-14-8-12(7-13(9-14)19(23)24)15-6-5-11(10-17(15)20(25)26)16-3-1-2-4-18(16)22/h1-10H,21-22H2,(H,23,24)(H,25,26). The minimum absolute atomic E-state index is 0.00674. The Labute approximate surface area is 149 Å². The zero-order valence-electron chi connectivity index (χ0n) is 13.6. The number of carboxylic acid groups (broad SMARTS) is 2. The van der Waals surface area contributed by atoms with Crippen LogP contribution in [-0.4, -0.2) is 22.2 Å². The van der Waals surface area contributed by atoms with Crippen molar-refractivity contribution in [2.24, 2.45) is 0 Å². The summed E-state index contributed by atoms with van der Waals surface area (Å²) >= 11 is 0. The lowest BCUT2D eigenvalue weighted by Gasteiger charge is -2.12. The van der Waals surface area contributed by atoms with Gasteiger partial charge < -0.3 is 21.7 Å². The summed E-state index contributed by atoms with van der Waals surface area (Å²) in [5.41, 5.74) is 14.7. The number of rotatable bonds is 4. The molecule has 26 heavy (non-hydrogen) atoms. The van der Waals surface area contributed by atoms with E-state index >= 15 is 0 Å². The Morgan fingerprint density at radius 2 is 1.46 bits per heavy atom. The van der Waals surface area contributed by atoms with E-state index in [1.165, 1.54) is 18.2 Å². The molecule has 0 atom stereocenters. The van der Waals surface area contributed by atoms with Gasteiger partial charge in [0.25, 0.3) is 0 Å². The van der Waals surface area contributed by atoms with Crippen molar-refractivity contribution in [1.29, 1.82) is 0 Å². The quantitative estimate of drug-likeness (QED) is 0.534. The van der Waals surface area contributed by atoms with Crippen LogP contribution in [0.5, 0.6) is 0 Å². The molecule has 0 aliphatic heterocycles. The first-order valence-corrected chi connectivity index (χ1v) is 7.73. The third-order valence-corrected chi connectivity index (χ3v) is 4.04. The van der Waals surface area contributed by atoms with Gasteiger partial charge in [0.2, 0.25) is 0 Å². The van der Waals surface area contributed by atoms with E-state index in [1.807, 2.05) is 6.07 Å². The highest BCUT2D eigenvalue weighted by Gasteiger charge is 2.16. The number of carbonyl (C=O) groups is 2. The number of nitrogen functional groups attached to an aromatic ring is 2. The van der Waals surface area contributed by atoms with E-state index in [-0.39, 0.29) is 16.8 Å². The highest BCUT2D eigenvalue weighted by atomic mass is 16.4. The van der Waals surface area contributed by atoms with Crippen LogP contribution in [0.25, 0.3) is 22.3 Å². The largest absolute Gasteiger partial charge is 0.478 e. The number of hydrogen-bond acceptors (Lipinski definition) is 4. The molecule has 0 saturated carbocycles. The molecule has 0 saturated heterocycles. The molecule has 6 nitrogen and oxygen atoms in total. The average molecular weight is 348 g/mol. The molecule has 0 aromatic heterocycles. The number of benzene rings is 3. The minimum Gasteiger partial charge on any atom is -0.478 e. The van der Waals surface area contributed by atoms with Crippen LogP contribution in [0.15, 0.2) is 60.7 Å². The third-order valence-electron chi connectivity index (χ3n) is 4.04. The molecule has 0 fully saturated rings. The Hall–Kier alpha value is -3.80. The molecule has 0 aliphatic rings. The van der Waals surface area contributed by atoms with Gasteiger partial charge in [0.1, 0.15) is 0 Å². The Balaban J connectivity index is 2.19. The SMILES string of the molecule is Nc1cc(C(=O)O)cc(-c2ccc(-c3ccccc3N)cc2C(=O)O)c1. The van der Waals surface area contributed by atoms with Crippen LogP contribution in [0.2, 0.25) is 0 Å². The van der Waals surface area contributed by atoms with Gasteiger partial charge in [0.05, 0.1) is 11.1 Å². The second kappa shape index (κ2) is 6.60. The molecule has 0 aliphatic carbocycles. The first kappa shape index (κ1) is 17.0. The maximum atomic E-state index is 11.8. The Bertz CT molecular complexity index is 1030. The molecule has 3 aromatic rings. The maximum Gasteiger partial charge on any atom is 0.336 e. The van der Waals surface area contributed by atoms with E-state index in [9.17, 15) is 19.8 Å². The van der Waals surface area contributed by atoms with E-state index in [0.29, 0.717) is 22.4 Å². The van der Waals surface area contributed by atoms with Crippen LogP contribution in [-0.2, 0) is 0 Å². The smallest absolute Gasteiger partial charge is 0.336 e. The van der Waals surface area contributed by atoms with Gasteiger partial charge in [-0.3, -0.25) is 0 Å². The lowest BCUT2D eigenvalue weighted by atomic mass is 9.93. The number of nitrogens with two attached hydrogens (primary N) is 2. The van der Waals surface area contributed by atoms with Crippen molar-refractivity contribution >= 4 is 23.3 Å². The molecular weight excluding hydrogens is 332 g/mol. The fraction of sp³-hybridized carbons (Fsp3) is 0. The van der Waals surface area contributed by atoms with E-state index < -0.39 is 11.9 Å². The summed E-state index contributed by atoms with van der Waals surface area (Å²) in [4.78, 5) is 23.0. The van der Waals surface area contributed by atoms with Gasteiger partial charge >= 0.3 is 11.9 Å². The zero-order valence-corrected chi connectivity index (χ0v) is 13.6. The summed E-state index contributed by atoms with van der Waals surface area (Å²) in [6, 6.07) is 16.3. The van der Waals surface area contributed by atoms with E-state index in [2.05, 4.69) is 0 Å². The van der Waals surface area contributed by atoms with Crippen LogP contribution in [0.1, 0.15) is 20.7 Å². The van der Waals surface area contributed by atoms with Gasteiger partial charge in [-0.1, -0.05) is 30.3 Å². The van der Waals surface area contributed by atoms with Gasteiger partial charge in [0, 0.05) is 16.9 Å². The Kier molecular flexibility index (Phi) is 4.33. The van der Waals surface area contributed by atoms with Crippen LogP contribution in [0.4, 0.5) is 11.4 Å². The summed E-state index contributed by atoms with van der Waals surface area (Å²) < 4.78 is 0. The van der Waals surface area contributed by atoms with Crippen LogP contribution < -0.4 is 11.5 Å². The summed E-state index contributed by atoms with van der Waals surface area (Å²) in [6.45, 7) is 0. The predicted molar refractivity (Wildman–Crippen MR) is 100 cm³/mol. The Morgan fingerprint density at radius 3 is 2.12 bits per heavy atom. The molecule has 130 valence electrons. The summed E-state index contributed by atoms with van der Waals surface area (Å²) in [5, 5.41) is 18.8. The van der Waals surface area contributed by atoms with Gasteiger partial charge in [-0.25, -0.2) is 9.59 Å². The van der Waals surface area contributed by atoms with Crippen molar-refractivity contribution in [1.82, 2.24) is 0 Å². The van der Waals surface area contributed by atoms with Crippen LogP contribution in [0.3, 0.4) is 0 Å². The van der Waals surface area contributed by atoms with Crippen molar-refractivity contribution in [3.05, 3.63) is 71.8 Å². The molecule has 0 amide bonds. The minimum atomic E-state index is -1.14. The molecule has 3 rings (SSSR count). The fourth-order valence-electron chi connectivity index (χ4n) is 2.83. The lowest BCUT2D eigenvalue weighted by molar-refractivity contribution is 0.0687. The number of carboxylic acids is 2. The van der Waals surface area contributed by atoms with Crippen molar-refractivity contribution in [3.8, 4) is 22.3 Å². The van der Waals surface area contributed by atoms with E-state index in [4.69, 9.17) is 11.5 Å². The molecule has 0 radical (unpaired) electrons. The average Bonchev–Trinajstić information content (AvgIpc) is 2.61. The Morgan fingerprint density at radius 1 is 0.731 bits per heavy atom. The second-order valence-electron chi connectivity index (χ2n) is 5.80. The van der Waals surface area contributed by atoms with Gasteiger partial charge in [0.15, 0.2) is 0 Å². The molecule has 0 heterocycles. The van der Waals surface area contributed by atoms with Gasteiger partial charge in [-0.15, -0.1) is 0 Å². The normalized spacial score (nSPS) is 10.5. The third kappa shape index (κ3) is 3.21. The summed E-state index contributed by atoms with van der Waals surface area (Å²) in [6.07, 6.45) is 0. The predicted octanol–water partition coefficient (Wildman–Crippen LogP) is 3.58. The molecule has 3 aromatic carbocycles. The molecular formula is C20H16N2O4. The first-order chi connectivity index (χ1) is 12.4. The first-order valence-electron chi connectivity index (χ1n) is 7.73. The number of para-hydroxylation sites is 1. The highest BCUT2D eigenvalue weighted by Crippen LogP contribution is 2.32. The number of hydrogen-bond donors (Lipinski definition) is 4. The molecule has 6 N–H and O–H groups in total. The number of anilines is 2. The van der Waals surface area contributed by atoms with Crippen molar-refractivity contribution in [3.63, 3.8) is 0 Å². The van der Waals surface area contributed by atoms with Gasteiger partial charge in [-0.2, -0.15) is 0 Å². The molecule has 0 unspecified atom stereocenters. The van der Waals surface area contributed by atoms with Crippen LogP contribution >= 0.6 is 0 Å². The molecule has 6 heteroatoms. The summed E-state index contributed by atoms with van der Waals surface area (Å²) in [7, 11) is 0. The van der Waals surface area contributed by atoms with E-state index in [0.717, 1.165) is 5.56 Å². The lowest BCUT2D eigenvalue weighted by Crippen LogP contribution is -2.03. The molecule has 0 spiro atoms. The molecule has 0 bridgehead atoms. The zero-order chi connectivity index (χ0) is 18.8. The fourth-order valence-corrected chi connectivity index (χ4v) is 2.83. The monoisotopic (exact) mass is 348 g/mol. The maximum absolute atomic E-state index is 11.8. The summed E-state index contributed by atoms with van der Waals surface area (Å²) in [5.74, 6) is -2.26. The topological polar surface area (TPSA) is 127 Å². The van der Waals surface area contributed by atoms with Crippen molar-refractivity contribution < 1.29 is 19.8 Å². The van der Waals surface area contributed by atoms with Crippen molar-refractivity contribution in [2.45, 2.75) is 0 Å². The van der Waals surface area contributed by atoms with E-state index in [1.54, 1.807) is 36.4 Å². The highest BCUT2D eigenvalue weighted by molar-refractivity contribution is 5.99. The van der Waals surface area contributed by atoms with Crippen LogP contribution in [0, 0.1) is 0 Å². The van der Waals surface area contributed by atoms with Gasteiger partial charge in [-0.05, 0) is 47.0 Å². The van der Waals surface area contributed by atoms with Crippen molar-refractivity contribution in [2.75, 3.05) is 11.5 Å². The second-order valence-corrected chi connectivity index (χ2v) is 5.80.